The highest BCUT2D eigenvalue weighted by Gasteiger charge is 2.31. The van der Waals surface area contributed by atoms with Crippen LogP contribution in [0.4, 0.5) is 0 Å². The van der Waals surface area contributed by atoms with Gasteiger partial charge >= 0.3 is 0 Å². The van der Waals surface area contributed by atoms with Crippen LogP contribution in [0, 0.1) is 0 Å². The number of aliphatic hydroxyl groups excluding tert-OH is 1. The van der Waals surface area contributed by atoms with E-state index < -0.39 is 6.10 Å². The number of thioether (sulfide) groups is 1. The first kappa shape index (κ1) is 14.4. The van der Waals surface area contributed by atoms with E-state index in [1.165, 1.54) is 0 Å². The second kappa shape index (κ2) is 6.96. The molecule has 104 valence electrons. The molecule has 0 radical (unpaired) electrons. The number of hydrogen-bond acceptors (Lipinski definition) is 3. The van der Waals surface area contributed by atoms with Crippen molar-refractivity contribution >= 4 is 17.7 Å². The fraction of sp³-hybridized carbons (Fsp3) is 0.533. The van der Waals surface area contributed by atoms with Crippen LogP contribution in [0.3, 0.4) is 0 Å². The Morgan fingerprint density at radius 1 is 1.47 bits per heavy atom. The number of aliphatic hydroxyl groups is 1. The Morgan fingerprint density at radius 2 is 2.26 bits per heavy atom. The van der Waals surface area contributed by atoms with E-state index >= 15 is 0 Å². The summed E-state index contributed by atoms with van der Waals surface area (Å²) in [6, 6.07) is 7.68. The molecular weight excluding hydrogens is 258 g/mol. The van der Waals surface area contributed by atoms with Gasteiger partial charge in [-0.3, -0.25) is 4.79 Å². The number of fused-ring (bicyclic) bond motifs is 1. The molecular formula is C15H21NO2S. The molecule has 0 heterocycles. The van der Waals surface area contributed by atoms with Gasteiger partial charge in [-0.1, -0.05) is 37.6 Å². The summed E-state index contributed by atoms with van der Waals surface area (Å²) in [6.07, 6.45) is 2.43. The van der Waals surface area contributed by atoms with E-state index in [9.17, 15) is 9.90 Å². The monoisotopic (exact) mass is 279 g/mol. The third-order valence-electron chi connectivity index (χ3n) is 3.40. The van der Waals surface area contributed by atoms with Crippen molar-refractivity contribution in [2.75, 3.05) is 11.5 Å². The van der Waals surface area contributed by atoms with E-state index in [4.69, 9.17) is 0 Å². The largest absolute Gasteiger partial charge is 0.390 e. The molecule has 3 nitrogen and oxygen atoms in total. The third kappa shape index (κ3) is 3.74. The summed E-state index contributed by atoms with van der Waals surface area (Å²) in [7, 11) is 0. The van der Waals surface area contributed by atoms with Crippen LogP contribution >= 0.6 is 11.8 Å². The van der Waals surface area contributed by atoms with Crippen molar-refractivity contribution in [2.45, 2.75) is 38.3 Å². The average molecular weight is 279 g/mol. The summed E-state index contributed by atoms with van der Waals surface area (Å²) in [5.74, 6) is 1.51. The van der Waals surface area contributed by atoms with Crippen molar-refractivity contribution in [3.05, 3.63) is 35.4 Å². The van der Waals surface area contributed by atoms with Crippen LogP contribution in [0.1, 0.15) is 36.9 Å². The maximum atomic E-state index is 11.9. The quantitative estimate of drug-likeness (QED) is 0.786. The molecule has 2 rings (SSSR count). The first-order valence-electron chi connectivity index (χ1n) is 6.85. The fourth-order valence-corrected chi connectivity index (χ4v) is 3.28. The fourth-order valence-electron chi connectivity index (χ4n) is 2.37. The number of amides is 1. The molecule has 0 fully saturated rings. The van der Waals surface area contributed by atoms with Gasteiger partial charge in [-0.2, -0.15) is 11.8 Å². The highest BCUT2D eigenvalue weighted by Crippen LogP contribution is 2.31. The van der Waals surface area contributed by atoms with Gasteiger partial charge in [0.15, 0.2) is 0 Å². The van der Waals surface area contributed by atoms with Crippen LogP contribution in [0.15, 0.2) is 24.3 Å². The Bertz CT molecular complexity index is 436. The van der Waals surface area contributed by atoms with Crippen LogP contribution in [0.5, 0.6) is 0 Å². The predicted molar refractivity (Wildman–Crippen MR) is 79.3 cm³/mol. The second-order valence-electron chi connectivity index (χ2n) is 4.92. The summed E-state index contributed by atoms with van der Waals surface area (Å²) < 4.78 is 0. The standard InChI is InChI=1S/C15H21NO2S/c1-2-3-8-19-10-14(18)16-15-12-7-5-4-6-11(12)9-13(15)17/h4-7,13,15,17H,2-3,8-10H2,1H3,(H,16,18)/t13-,15+/m0/s1. The molecule has 0 aliphatic heterocycles. The lowest BCUT2D eigenvalue weighted by Gasteiger charge is -2.17. The topological polar surface area (TPSA) is 49.3 Å². The van der Waals surface area contributed by atoms with Crippen LogP contribution in [0.25, 0.3) is 0 Å². The number of unbranched alkanes of at least 4 members (excludes halogenated alkanes) is 1. The average Bonchev–Trinajstić information content (AvgIpc) is 2.72. The van der Waals surface area contributed by atoms with E-state index in [-0.39, 0.29) is 11.9 Å². The summed E-state index contributed by atoms with van der Waals surface area (Å²) in [5, 5.41) is 13.0. The van der Waals surface area contributed by atoms with Gasteiger partial charge in [-0.05, 0) is 23.3 Å². The van der Waals surface area contributed by atoms with Gasteiger partial charge in [-0.15, -0.1) is 0 Å². The SMILES string of the molecule is CCCCSCC(=O)N[C@@H]1c2ccccc2C[C@@H]1O. The van der Waals surface area contributed by atoms with E-state index in [1.54, 1.807) is 11.8 Å². The van der Waals surface area contributed by atoms with Crippen molar-refractivity contribution in [2.24, 2.45) is 0 Å². The number of carbonyl (C=O) groups is 1. The summed E-state index contributed by atoms with van der Waals surface area (Å²) in [4.78, 5) is 11.9. The minimum absolute atomic E-state index is 0.0156. The molecule has 0 unspecified atom stereocenters. The van der Waals surface area contributed by atoms with Gasteiger partial charge in [-0.25, -0.2) is 0 Å². The number of hydrogen-bond donors (Lipinski definition) is 2. The maximum absolute atomic E-state index is 11.9. The molecule has 1 aromatic carbocycles. The molecule has 19 heavy (non-hydrogen) atoms. The van der Waals surface area contributed by atoms with E-state index in [2.05, 4.69) is 12.2 Å². The minimum Gasteiger partial charge on any atom is -0.390 e. The first-order valence-corrected chi connectivity index (χ1v) is 8.00. The highest BCUT2D eigenvalue weighted by molar-refractivity contribution is 7.99. The summed E-state index contributed by atoms with van der Waals surface area (Å²) in [6.45, 7) is 2.15. The van der Waals surface area contributed by atoms with Gasteiger partial charge in [0, 0.05) is 6.42 Å². The lowest BCUT2D eigenvalue weighted by molar-refractivity contribution is -0.120. The minimum atomic E-state index is -0.498. The van der Waals surface area contributed by atoms with Crippen molar-refractivity contribution in [3.8, 4) is 0 Å². The van der Waals surface area contributed by atoms with E-state index in [0.29, 0.717) is 12.2 Å². The molecule has 1 aliphatic carbocycles. The van der Waals surface area contributed by atoms with Crippen molar-refractivity contribution < 1.29 is 9.90 Å². The molecule has 1 aliphatic rings. The molecule has 2 N–H and O–H groups in total. The molecule has 2 atom stereocenters. The van der Waals surface area contributed by atoms with Gasteiger partial charge in [0.05, 0.1) is 17.9 Å². The smallest absolute Gasteiger partial charge is 0.230 e. The number of carbonyl (C=O) groups excluding carboxylic acids is 1. The Kier molecular flexibility index (Phi) is 5.28. The second-order valence-corrected chi connectivity index (χ2v) is 6.03. The van der Waals surface area contributed by atoms with Crippen LogP contribution in [-0.4, -0.2) is 28.6 Å². The number of benzene rings is 1. The molecule has 1 aromatic rings. The molecule has 0 bridgehead atoms. The summed E-state index contributed by atoms with van der Waals surface area (Å²) in [5.41, 5.74) is 2.20. The molecule has 1 amide bonds. The molecule has 0 aromatic heterocycles. The Morgan fingerprint density at radius 3 is 3.05 bits per heavy atom. The maximum Gasteiger partial charge on any atom is 0.230 e. The Labute approximate surface area is 118 Å². The van der Waals surface area contributed by atoms with Crippen molar-refractivity contribution in [3.63, 3.8) is 0 Å². The number of nitrogens with one attached hydrogen (secondary N) is 1. The highest BCUT2D eigenvalue weighted by atomic mass is 32.2. The van der Waals surface area contributed by atoms with Gasteiger partial charge in [0.1, 0.15) is 0 Å². The Hall–Kier alpha value is -1.00. The van der Waals surface area contributed by atoms with E-state index in [0.717, 1.165) is 29.7 Å². The Balaban J connectivity index is 1.87. The molecule has 0 spiro atoms. The van der Waals surface area contributed by atoms with E-state index in [1.807, 2.05) is 24.3 Å². The third-order valence-corrected chi connectivity index (χ3v) is 4.44. The van der Waals surface area contributed by atoms with Crippen molar-refractivity contribution in [1.29, 1.82) is 0 Å². The number of rotatable bonds is 6. The lowest BCUT2D eigenvalue weighted by atomic mass is 10.1. The predicted octanol–water partition coefficient (Wildman–Crippen LogP) is 2.29. The van der Waals surface area contributed by atoms with Crippen LogP contribution in [-0.2, 0) is 11.2 Å². The zero-order chi connectivity index (χ0) is 13.7. The first-order chi connectivity index (χ1) is 9.22. The normalized spacial score (nSPS) is 21.2. The molecule has 0 saturated heterocycles. The van der Waals surface area contributed by atoms with Gasteiger partial charge < -0.3 is 10.4 Å². The van der Waals surface area contributed by atoms with Gasteiger partial charge in [0.25, 0.3) is 0 Å². The van der Waals surface area contributed by atoms with Crippen LogP contribution < -0.4 is 5.32 Å². The van der Waals surface area contributed by atoms with Gasteiger partial charge in [0.2, 0.25) is 5.91 Å². The lowest BCUT2D eigenvalue weighted by Crippen LogP contribution is -2.35. The van der Waals surface area contributed by atoms with Crippen LogP contribution in [0.2, 0.25) is 0 Å². The van der Waals surface area contributed by atoms with Crippen molar-refractivity contribution in [1.82, 2.24) is 5.32 Å². The molecule has 4 heteroatoms. The zero-order valence-corrected chi connectivity index (χ0v) is 12.1. The summed E-state index contributed by atoms with van der Waals surface area (Å²) >= 11 is 1.66. The molecule has 0 saturated carbocycles. The zero-order valence-electron chi connectivity index (χ0n) is 11.3.